The molecule has 1 heterocycles. The number of rotatable bonds is 6. The fraction of sp³-hybridized carbons (Fsp3) is 0.120. The molecule has 0 aromatic heterocycles. The number of aliphatic hydroxyl groups excluding tert-OH is 2. The van der Waals surface area contributed by atoms with E-state index in [2.05, 4.69) is 0 Å². The van der Waals surface area contributed by atoms with Crippen LogP contribution in [0.3, 0.4) is 0 Å². The number of aliphatic hydroxyl groups is 2. The molecule has 31 heavy (non-hydrogen) atoms. The second-order valence-corrected chi connectivity index (χ2v) is 7.13. The van der Waals surface area contributed by atoms with E-state index in [0.29, 0.717) is 28.1 Å². The van der Waals surface area contributed by atoms with Gasteiger partial charge in [-0.1, -0.05) is 42.5 Å². The number of ketones is 1. The summed E-state index contributed by atoms with van der Waals surface area (Å²) in [5, 5.41) is 20.1. The molecule has 6 nitrogen and oxygen atoms in total. The number of ether oxygens (including phenoxy) is 1. The van der Waals surface area contributed by atoms with E-state index in [-0.39, 0.29) is 12.2 Å². The second kappa shape index (κ2) is 8.45. The van der Waals surface area contributed by atoms with Gasteiger partial charge >= 0.3 is 0 Å². The monoisotopic (exact) mass is 415 g/mol. The molecule has 0 fully saturated rings. The third-order valence-corrected chi connectivity index (χ3v) is 5.32. The third kappa shape index (κ3) is 3.69. The number of carbonyl (C=O) groups excluding carboxylic acids is 2. The summed E-state index contributed by atoms with van der Waals surface area (Å²) in [7, 11) is 1.53. The Bertz CT molecular complexity index is 1130. The summed E-state index contributed by atoms with van der Waals surface area (Å²) in [6.07, 6.45) is 0. The van der Waals surface area contributed by atoms with Crippen LogP contribution >= 0.6 is 0 Å². The molecule has 0 spiro atoms. The van der Waals surface area contributed by atoms with Gasteiger partial charge in [-0.15, -0.1) is 0 Å². The van der Waals surface area contributed by atoms with Gasteiger partial charge in [0.2, 0.25) is 0 Å². The second-order valence-electron chi connectivity index (χ2n) is 7.13. The zero-order valence-electron chi connectivity index (χ0n) is 16.9. The van der Waals surface area contributed by atoms with Crippen LogP contribution in [0.15, 0.2) is 90.2 Å². The normalized spacial score (nSPS) is 16.0. The van der Waals surface area contributed by atoms with Crippen LogP contribution in [0.5, 0.6) is 5.75 Å². The van der Waals surface area contributed by atoms with Crippen molar-refractivity contribution in [3.8, 4) is 5.75 Å². The highest BCUT2D eigenvalue weighted by atomic mass is 16.5. The van der Waals surface area contributed by atoms with Gasteiger partial charge in [0.1, 0.15) is 5.75 Å². The molecule has 3 aromatic rings. The summed E-state index contributed by atoms with van der Waals surface area (Å²) in [5.74, 6) is -1.05. The van der Waals surface area contributed by atoms with Crippen LogP contribution < -0.4 is 9.64 Å². The Labute approximate surface area is 179 Å². The van der Waals surface area contributed by atoms with Crippen molar-refractivity contribution in [1.82, 2.24) is 0 Å². The van der Waals surface area contributed by atoms with Gasteiger partial charge in [0.15, 0.2) is 11.5 Å². The molecule has 1 unspecified atom stereocenters. The van der Waals surface area contributed by atoms with Crippen molar-refractivity contribution in [1.29, 1.82) is 0 Å². The van der Waals surface area contributed by atoms with Crippen LogP contribution in [0.1, 0.15) is 27.5 Å². The number of methoxy groups -OCH3 is 1. The first-order valence-corrected chi connectivity index (χ1v) is 9.75. The van der Waals surface area contributed by atoms with Crippen molar-refractivity contribution in [2.45, 2.75) is 12.6 Å². The highest BCUT2D eigenvalue weighted by Gasteiger charge is 2.44. The SMILES string of the molecule is COc1ccc(C(=O)C2=C(O)C(=O)N(c3ccc(CO)cc3)C2c2ccccc2)cc1. The molecule has 1 amide bonds. The van der Waals surface area contributed by atoms with Crippen LogP contribution in [-0.2, 0) is 11.4 Å². The van der Waals surface area contributed by atoms with Gasteiger partial charge < -0.3 is 14.9 Å². The zero-order chi connectivity index (χ0) is 22.0. The number of hydrogen-bond acceptors (Lipinski definition) is 5. The Hall–Kier alpha value is -3.90. The molecular formula is C25H21NO5. The van der Waals surface area contributed by atoms with Gasteiger partial charge in [-0.25, -0.2) is 0 Å². The minimum atomic E-state index is -0.789. The lowest BCUT2D eigenvalue weighted by molar-refractivity contribution is -0.117. The van der Waals surface area contributed by atoms with E-state index in [9.17, 15) is 19.8 Å². The van der Waals surface area contributed by atoms with E-state index < -0.39 is 23.5 Å². The van der Waals surface area contributed by atoms with E-state index >= 15 is 0 Å². The summed E-state index contributed by atoms with van der Waals surface area (Å²) in [6.45, 7) is -0.124. The van der Waals surface area contributed by atoms with Crippen LogP contribution in [-0.4, -0.2) is 29.0 Å². The first-order chi connectivity index (χ1) is 15.0. The van der Waals surface area contributed by atoms with Gasteiger partial charge in [0.05, 0.1) is 25.3 Å². The van der Waals surface area contributed by atoms with Crippen molar-refractivity contribution in [2.75, 3.05) is 12.0 Å². The van der Waals surface area contributed by atoms with Crippen molar-refractivity contribution in [3.63, 3.8) is 0 Å². The molecule has 0 bridgehead atoms. The van der Waals surface area contributed by atoms with Crippen molar-refractivity contribution in [2.24, 2.45) is 0 Å². The van der Waals surface area contributed by atoms with E-state index in [0.717, 1.165) is 0 Å². The van der Waals surface area contributed by atoms with Crippen LogP contribution in [0.2, 0.25) is 0 Å². The number of Topliss-reactive ketones (excluding diaryl/α,β-unsaturated/α-hetero) is 1. The van der Waals surface area contributed by atoms with Gasteiger partial charge in [-0.05, 0) is 47.5 Å². The Morgan fingerprint density at radius 3 is 2.19 bits per heavy atom. The fourth-order valence-electron chi connectivity index (χ4n) is 3.71. The van der Waals surface area contributed by atoms with Crippen LogP contribution in [0.25, 0.3) is 0 Å². The lowest BCUT2D eigenvalue weighted by atomic mass is 9.92. The number of benzene rings is 3. The Morgan fingerprint density at radius 1 is 0.968 bits per heavy atom. The lowest BCUT2D eigenvalue weighted by Crippen LogP contribution is -2.31. The molecule has 3 aromatic carbocycles. The van der Waals surface area contributed by atoms with Crippen molar-refractivity contribution >= 4 is 17.4 Å². The number of anilines is 1. The molecule has 0 saturated heterocycles. The summed E-state index contributed by atoms with van der Waals surface area (Å²) >= 11 is 0. The predicted molar refractivity (Wildman–Crippen MR) is 116 cm³/mol. The first kappa shape index (κ1) is 20.4. The molecule has 1 aliphatic heterocycles. The number of amides is 1. The Kier molecular flexibility index (Phi) is 5.56. The van der Waals surface area contributed by atoms with Gasteiger partial charge in [-0.3, -0.25) is 14.5 Å². The molecule has 1 atom stereocenters. The predicted octanol–water partition coefficient (Wildman–Crippen LogP) is 3.97. The maximum Gasteiger partial charge on any atom is 0.294 e. The minimum Gasteiger partial charge on any atom is -0.503 e. The zero-order valence-corrected chi connectivity index (χ0v) is 16.9. The van der Waals surface area contributed by atoms with Gasteiger partial charge in [-0.2, -0.15) is 0 Å². The standard InChI is InChI=1S/C25H21NO5/c1-31-20-13-9-18(10-14-20)23(28)21-22(17-5-3-2-4-6-17)26(25(30)24(21)29)19-11-7-16(15-27)8-12-19/h2-14,22,27,29H,15H2,1H3. The molecule has 6 heteroatoms. The summed E-state index contributed by atoms with van der Waals surface area (Å²) in [5.41, 5.74) is 2.27. The molecule has 2 N–H and O–H groups in total. The van der Waals surface area contributed by atoms with E-state index in [1.54, 1.807) is 48.5 Å². The molecule has 0 radical (unpaired) electrons. The first-order valence-electron chi connectivity index (χ1n) is 9.75. The van der Waals surface area contributed by atoms with E-state index in [4.69, 9.17) is 4.74 Å². The maximum absolute atomic E-state index is 13.4. The van der Waals surface area contributed by atoms with Crippen molar-refractivity contribution in [3.05, 3.63) is 107 Å². The molecule has 0 aliphatic carbocycles. The Morgan fingerprint density at radius 2 is 1.61 bits per heavy atom. The van der Waals surface area contributed by atoms with Crippen molar-refractivity contribution < 1.29 is 24.5 Å². The van der Waals surface area contributed by atoms with Gasteiger partial charge in [0.25, 0.3) is 5.91 Å². The molecule has 0 saturated carbocycles. The number of hydrogen-bond donors (Lipinski definition) is 2. The van der Waals surface area contributed by atoms with Crippen LogP contribution in [0.4, 0.5) is 5.69 Å². The lowest BCUT2D eigenvalue weighted by Gasteiger charge is -2.27. The smallest absolute Gasteiger partial charge is 0.294 e. The molecule has 4 rings (SSSR count). The quantitative estimate of drug-likeness (QED) is 0.595. The largest absolute Gasteiger partial charge is 0.503 e. The Balaban J connectivity index is 1.81. The fourth-order valence-corrected chi connectivity index (χ4v) is 3.71. The highest BCUT2D eigenvalue weighted by molar-refractivity contribution is 6.20. The summed E-state index contributed by atoms with van der Waals surface area (Å²) < 4.78 is 5.14. The third-order valence-electron chi connectivity index (χ3n) is 5.32. The van der Waals surface area contributed by atoms with Crippen LogP contribution in [0, 0.1) is 0 Å². The highest BCUT2D eigenvalue weighted by Crippen LogP contribution is 2.42. The van der Waals surface area contributed by atoms with E-state index in [1.807, 2.05) is 30.3 Å². The molecule has 1 aliphatic rings. The average Bonchev–Trinajstić information content (AvgIpc) is 3.09. The molecule has 156 valence electrons. The number of carbonyl (C=O) groups is 2. The van der Waals surface area contributed by atoms with E-state index in [1.165, 1.54) is 12.0 Å². The average molecular weight is 415 g/mol. The van der Waals surface area contributed by atoms with Gasteiger partial charge in [0, 0.05) is 11.3 Å². The summed E-state index contributed by atoms with van der Waals surface area (Å²) in [6, 6.07) is 21.6. The topological polar surface area (TPSA) is 87.1 Å². The number of nitrogens with zero attached hydrogens (tertiary/aromatic N) is 1. The minimum absolute atomic E-state index is 0.0209. The molecular weight excluding hydrogens is 394 g/mol. The maximum atomic E-state index is 13.4. The summed E-state index contributed by atoms with van der Waals surface area (Å²) in [4.78, 5) is 27.9.